The van der Waals surface area contributed by atoms with Crippen molar-refractivity contribution in [1.29, 1.82) is 0 Å². The average molecular weight is 355 g/mol. The molecule has 0 saturated heterocycles. The summed E-state index contributed by atoms with van der Waals surface area (Å²) in [5.41, 5.74) is 2.48. The highest BCUT2D eigenvalue weighted by Gasteiger charge is 2.35. The molecule has 0 aromatic heterocycles. The zero-order valence-electron chi connectivity index (χ0n) is 16.4. The van der Waals surface area contributed by atoms with Crippen molar-refractivity contribution in [2.45, 2.75) is 78.6 Å². The number of rotatable bonds is 4. The number of benzene rings is 1. The summed E-state index contributed by atoms with van der Waals surface area (Å²) in [6.45, 7) is 13.7. The van der Waals surface area contributed by atoms with Crippen LogP contribution in [0.4, 0.5) is 0 Å². The second kappa shape index (κ2) is 8.38. The highest BCUT2D eigenvalue weighted by molar-refractivity contribution is 5.94. The largest absolute Gasteiger partial charge is 0.412 e. The van der Waals surface area contributed by atoms with E-state index in [1.54, 1.807) is 12.2 Å². The predicted octanol–water partition coefficient (Wildman–Crippen LogP) is 2.99. The molecular weight excluding hydrogens is 322 g/mol. The van der Waals surface area contributed by atoms with Gasteiger partial charge in [-0.1, -0.05) is 17.4 Å². The van der Waals surface area contributed by atoms with E-state index in [0.717, 1.165) is 18.4 Å². The minimum atomic E-state index is -0.340. The van der Waals surface area contributed by atoms with Crippen molar-refractivity contribution in [3.63, 3.8) is 0 Å². The third-order valence-corrected chi connectivity index (χ3v) is 3.58. The SMILES string of the molecule is CC(=O)c1ccc2c(c1)CCC2N(OC(C)(C)C)OC(C)(C)C.O.O. The van der Waals surface area contributed by atoms with E-state index in [-0.39, 0.29) is 34.0 Å². The lowest BCUT2D eigenvalue weighted by molar-refractivity contribution is -0.447. The smallest absolute Gasteiger partial charge is 0.159 e. The highest BCUT2D eigenvalue weighted by atomic mass is 17.0. The lowest BCUT2D eigenvalue weighted by atomic mass is 10.0. The van der Waals surface area contributed by atoms with Crippen molar-refractivity contribution in [2.24, 2.45) is 0 Å². The Morgan fingerprint density at radius 1 is 1.04 bits per heavy atom. The molecule has 25 heavy (non-hydrogen) atoms. The Morgan fingerprint density at radius 2 is 1.56 bits per heavy atom. The van der Waals surface area contributed by atoms with E-state index in [1.165, 1.54) is 11.1 Å². The molecule has 6 nitrogen and oxygen atoms in total. The van der Waals surface area contributed by atoms with Crippen LogP contribution in [0.3, 0.4) is 0 Å². The summed E-state index contributed by atoms with van der Waals surface area (Å²) >= 11 is 0. The number of nitrogens with zero attached hydrogens (tertiary/aromatic N) is 1. The van der Waals surface area contributed by atoms with Gasteiger partial charge in [0.05, 0.1) is 17.2 Å². The molecule has 144 valence electrons. The maximum absolute atomic E-state index is 11.6. The lowest BCUT2D eigenvalue weighted by Gasteiger charge is -2.37. The number of hydrogen-bond donors (Lipinski definition) is 0. The Morgan fingerprint density at radius 3 is 2.00 bits per heavy atom. The molecule has 1 unspecified atom stereocenters. The van der Waals surface area contributed by atoms with Crippen LogP contribution in [-0.2, 0) is 16.1 Å². The summed E-state index contributed by atoms with van der Waals surface area (Å²) in [4.78, 5) is 23.7. The van der Waals surface area contributed by atoms with Gasteiger partial charge in [-0.2, -0.15) is 0 Å². The van der Waals surface area contributed by atoms with E-state index in [9.17, 15) is 4.79 Å². The molecule has 0 aliphatic heterocycles. The summed E-state index contributed by atoms with van der Waals surface area (Å²) in [6, 6.07) is 5.98. The fraction of sp³-hybridized carbons (Fsp3) is 0.632. The number of hydroxylamine groups is 2. The molecule has 0 fully saturated rings. The summed E-state index contributed by atoms with van der Waals surface area (Å²) < 4.78 is 0. The first-order chi connectivity index (χ1) is 10.5. The van der Waals surface area contributed by atoms with Crippen LogP contribution in [0.1, 0.15) is 82.4 Å². The Bertz CT molecular complexity index is 570. The fourth-order valence-corrected chi connectivity index (χ4v) is 2.72. The summed E-state index contributed by atoms with van der Waals surface area (Å²) in [5, 5.41) is 1.67. The fourth-order valence-electron chi connectivity index (χ4n) is 2.72. The molecular formula is C19H33NO5. The molecule has 1 aromatic carbocycles. The number of carbonyl (C=O) groups excluding carboxylic acids is 1. The minimum absolute atomic E-state index is 0. The lowest BCUT2D eigenvalue weighted by Crippen LogP contribution is -2.41. The van der Waals surface area contributed by atoms with E-state index in [1.807, 2.05) is 59.7 Å². The molecule has 0 radical (unpaired) electrons. The van der Waals surface area contributed by atoms with Gasteiger partial charge in [0, 0.05) is 5.56 Å². The Kier molecular flexibility index (Phi) is 7.94. The molecule has 2 rings (SSSR count). The van der Waals surface area contributed by atoms with E-state index < -0.39 is 0 Å². The first-order valence-corrected chi connectivity index (χ1v) is 8.27. The van der Waals surface area contributed by atoms with Gasteiger partial charge in [0.15, 0.2) is 5.78 Å². The molecule has 1 aliphatic carbocycles. The summed E-state index contributed by atoms with van der Waals surface area (Å²) in [6.07, 6.45) is 1.85. The van der Waals surface area contributed by atoms with Gasteiger partial charge in [0.2, 0.25) is 0 Å². The summed E-state index contributed by atoms with van der Waals surface area (Å²) in [5.74, 6) is 0.102. The van der Waals surface area contributed by atoms with Crippen molar-refractivity contribution in [2.75, 3.05) is 0 Å². The molecule has 0 amide bonds. The molecule has 0 saturated carbocycles. The second-order valence-corrected chi connectivity index (χ2v) is 8.22. The highest BCUT2D eigenvalue weighted by Crippen LogP contribution is 2.38. The van der Waals surface area contributed by atoms with Crippen molar-refractivity contribution in [1.82, 2.24) is 5.23 Å². The number of hydrogen-bond acceptors (Lipinski definition) is 4. The van der Waals surface area contributed by atoms with Crippen molar-refractivity contribution in [3.8, 4) is 0 Å². The van der Waals surface area contributed by atoms with E-state index in [4.69, 9.17) is 9.68 Å². The monoisotopic (exact) mass is 355 g/mol. The molecule has 0 bridgehead atoms. The van der Waals surface area contributed by atoms with Crippen molar-refractivity contribution < 1.29 is 25.4 Å². The van der Waals surface area contributed by atoms with Gasteiger partial charge >= 0.3 is 0 Å². The molecule has 6 heteroatoms. The Hall–Kier alpha value is -1.31. The maximum atomic E-state index is 11.6. The Balaban J connectivity index is 0.00000288. The maximum Gasteiger partial charge on any atom is 0.159 e. The topological polar surface area (TPSA) is 102 Å². The van der Waals surface area contributed by atoms with Crippen LogP contribution in [0.25, 0.3) is 0 Å². The standard InChI is InChI=1S/C19H29NO3.2H2O/c1-13(21)14-8-10-16-15(12-14)9-11-17(16)20(22-18(2,3)4)23-19(5,6)7;;/h8,10,12,17H,9,11H2,1-7H3;2*1H2. The third-order valence-electron chi connectivity index (χ3n) is 3.58. The number of fused-ring (bicyclic) bond motifs is 1. The molecule has 0 spiro atoms. The number of ketones is 1. The third kappa shape index (κ3) is 6.49. The zero-order valence-corrected chi connectivity index (χ0v) is 16.4. The van der Waals surface area contributed by atoms with Crippen LogP contribution in [0.15, 0.2) is 18.2 Å². The van der Waals surface area contributed by atoms with Crippen LogP contribution in [0.5, 0.6) is 0 Å². The van der Waals surface area contributed by atoms with Crippen LogP contribution in [0.2, 0.25) is 0 Å². The van der Waals surface area contributed by atoms with Gasteiger partial charge in [0.1, 0.15) is 0 Å². The molecule has 4 N–H and O–H groups in total. The number of Topliss-reactive ketones (excluding diaryl/α,β-unsaturated/α-hetero) is 1. The molecule has 0 heterocycles. The predicted molar refractivity (Wildman–Crippen MR) is 98.3 cm³/mol. The van der Waals surface area contributed by atoms with Gasteiger partial charge in [-0.05, 0) is 78.5 Å². The van der Waals surface area contributed by atoms with Crippen molar-refractivity contribution in [3.05, 3.63) is 34.9 Å². The van der Waals surface area contributed by atoms with Gasteiger partial charge < -0.3 is 11.0 Å². The van der Waals surface area contributed by atoms with Crippen molar-refractivity contribution >= 4 is 5.78 Å². The number of aryl methyl sites for hydroxylation is 1. The second-order valence-electron chi connectivity index (χ2n) is 8.22. The van der Waals surface area contributed by atoms with Gasteiger partial charge in [-0.15, -0.1) is 0 Å². The van der Waals surface area contributed by atoms with Gasteiger partial charge in [-0.3, -0.25) is 14.5 Å². The quantitative estimate of drug-likeness (QED) is 0.612. The van der Waals surface area contributed by atoms with Gasteiger partial charge in [0.25, 0.3) is 0 Å². The molecule has 1 aromatic rings. The Labute approximate surface area is 150 Å². The van der Waals surface area contributed by atoms with Crippen LogP contribution < -0.4 is 0 Å². The zero-order chi connectivity index (χ0) is 17.4. The average Bonchev–Trinajstić information content (AvgIpc) is 2.77. The molecule has 1 atom stereocenters. The summed E-state index contributed by atoms with van der Waals surface area (Å²) in [7, 11) is 0. The van der Waals surface area contributed by atoms with E-state index in [2.05, 4.69) is 0 Å². The normalized spacial score (nSPS) is 16.9. The molecule has 1 aliphatic rings. The minimum Gasteiger partial charge on any atom is -0.412 e. The van der Waals surface area contributed by atoms with E-state index >= 15 is 0 Å². The van der Waals surface area contributed by atoms with Crippen LogP contribution in [0, 0.1) is 0 Å². The first kappa shape index (κ1) is 23.7. The van der Waals surface area contributed by atoms with E-state index in [0.29, 0.717) is 0 Å². The first-order valence-electron chi connectivity index (χ1n) is 8.27. The number of carbonyl (C=O) groups is 1. The van der Waals surface area contributed by atoms with Crippen LogP contribution >= 0.6 is 0 Å². The van der Waals surface area contributed by atoms with Crippen LogP contribution in [-0.4, -0.2) is 33.2 Å². The van der Waals surface area contributed by atoms with Gasteiger partial charge in [-0.25, -0.2) is 0 Å².